The SMILES string of the molecule is N#Cc1ccsc1NC(=O)CCC1CCCCN1. The third kappa shape index (κ3) is 3.56. The number of hydrogen-bond donors (Lipinski definition) is 2. The lowest BCUT2D eigenvalue weighted by Gasteiger charge is -2.22. The van der Waals surface area contributed by atoms with Gasteiger partial charge >= 0.3 is 0 Å². The summed E-state index contributed by atoms with van der Waals surface area (Å²) in [6, 6.07) is 4.27. The standard InChI is InChI=1S/C13H17N3OS/c14-9-10-6-8-18-13(10)16-12(17)5-4-11-3-1-2-7-15-11/h6,8,11,15H,1-5,7H2,(H,16,17). The Balaban J connectivity index is 1.77. The van der Waals surface area contributed by atoms with Crippen molar-refractivity contribution in [3.05, 3.63) is 17.0 Å². The van der Waals surface area contributed by atoms with E-state index in [4.69, 9.17) is 5.26 Å². The molecular weight excluding hydrogens is 246 g/mol. The van der Waals surface area contributed by atoms with Crippen molar-refractivity contribution in [2.24, 2.45) is 0 Å². The van der Waals surface area contributed by atoms with Gasteiger partial charge in [-0.15, -0.1) is 11.3 Å². The Hall–Kier alpha value is -1.38. The molecule has 1 aliphatic heterocycles. The van der Waals surface area contributed by atoms with Gasteiger partial charge in [0, 0.05) is 12.5 Å². The Labute approximate surface area is 111 Å². The van der Waals surface area contributed by atoms with Gasteiger partial charge in [-0.05, 0) is 37.3 Å². The summed E-state index contributed by atoms with van der Waals surface area (Å²) in [5, 5.41) is 17.6. The summed E-state index contributed by atoms with van der Waals surface area (Å²) in [4.78, 5) is 11.8. The van der Waals surface area contributed by atoms with E-state index in [-0.39, 0.29) is 5.91 Å². The van der Waals surface area contributed by atoms with Crippen LogP contribution in [0.4, 0.5) is 5.00 Å². The monoisotopic (exact) mass is 263 g/mol. The highest BCUT2D eigenvalue weighted by atomic mass is 32.1. The lowest BCUT2D eigenvalue weighted by molar-refractivity contribution is -0.116. The fraction of sp³-hybridized carbons (Fsp3) is 0.538. The van der Waals surface area contributed by atoms with Crippen LogP contribution < -0.4 is 10.6 Å². The largest absolute Gasteiger partial charge is 0.317 e. The molecule has 1 saturated heterocycles. The van der Waals surface area contributed by atoms with Gasteiger partial charge in [-0.1, -0.05) is 6.42 Å². The Kier molecular flexibility index (Phi) is 4.73. The molecule has 1 aliphatic rings. The molecule has 1 unspecified atom stereocenters. The smallest absolute Gasteiger partial charge is 0.225 e. The van der Waals surface area contributed by atoms with Crippen LogP contribution in [0.1, 0.15) is 37.7 Å². The molecule has 1 atom stereocenters. The average molecular weight is 263 g/mol. The van der Waals surface area contributed by atoms with E-state index in [0.717, 1.165) is 19.4 Å². The molecule has 0 saturated carbocycles. The summed E-state index contributed by atoms with van der Waals surface area (Å²) in [7, 11) is 0. The summed E-state index contributed by atoms with van der Waals surface area (Å²) in [6.07, 6.45) is 5.04. The maximum absolute atomic E-state index is 11.8. The number of nitriles is 1. The van der Waals surface area contributed by atoms with Gasteiger partial charge in [-0.3, -0.25) is 4.79 Å². The maximum atomic E-state index is 11.8. The van der Waals surface area contributed by atoms with E-state index in [2.05, 4.69) is 16.7 Å². The zero-order valence-electron chi connectivity index (χ0n) is 10.2. The minimum absolute atomic E-state index is 0.00123. The Bertz CT molecular complexity index is 443. The van der Waals surface area contributed by atoms with E-state index < -0.39 is 0 Å². The van der Waals surface area contributed by atoms with Crippen LogP contribution in [-0.2, 0) is 4.79 Å². The second-order valence-electron chi connectivity index (χ2n) is 4.51. The number of amides is 1. The molecule has 2 rings (SSSR count). The predicted molar refractivity (Wildman–Crippen MR) is 72.5 cm³/mol. The van der Waals surface area contributed by atoms with Crippen LogP contribution in [0.15, 0.2) is 11.4 Å². The van der Waals surface area contributed by atoms with Crippen molar-refractivity contribution in [1.29, 1.82) is 5.26 Å². The Morgan fingerprint density at radius 2 is 2.50 bits per heavy atom. The molecule has 0 spiro atoms. The third-order valence-corrected chi connectivity index (χ3v) is 4.00. The first-order valence-electron chi connectivity index (χ1n) is 6.30. The molecule has 1 amide bonds. The summed E-state index contributed by atoms with van der Waals surface area (Å²) in [6.45, 7) is 1.07. The van der Waals surface area contributed by atoms with Crippen LogP contribution in [0.3, 0.4) is 0 Å². The molecule has 0 aromatic carbocycles. The van der Waals surface area contributed by atoms with Crippen molar-refractivity contribution in [2.75, 3.05) is 11.9 Å². The highest BCUT2D eigenvalue weighted by molar-refractivity contribution is 7.14. The van der Waals surface area contributed by atoms with Crippen molar-refractivity contribution in [1.82, 2.24) is 5.32 Å². The molecule has 0 bridgehead atoms. The normalized spacial score (nSPS) is 19.2. The zero-order chi connectivity index (χ0) is 12.8. The van der Waals surface area contributed by atoms with Crippen molar-refractivity contribution < 1.29 is 4.79 Å². The summed E-state index contributed by atoms with van der Waals surface area (Å²) in [5.74, 6) is 0.00123. The number of thiophene rings is 1. The minimum Gasteiger partial charge on any atom is -0.317 e. The first-order valence-corrected chi connectivity index (χ1v) is 7.18. The minimum atomic E-state index is 0.00123. The summed E-state index contributed by atoms with van der Waals surface area (Å²) >= 11 is 1.39. The van der Waals surface area contributed by atoms with Crippen LogP contribution in [0, 0.1) is 11.3 Å². The second-order valence-corrected chi connectivity index (χ2v) is 5.43. The van der Waals surface area contributed by atoms with Gasteiger partial charge in [-0.2, -0.15) is 5.26 Å². The lowest BCUT2D eigenvalue weighted by Crippen LogP contribution is -2.34. The van der Waals surface area contributed by atoms with E-state index in [9.17, 15) is 4.79 Å². The highest BCUT2D eigenvalue weighted by Crippen LogP contribution is 2.22. The summed E-state index contributed by atoms with van der Waals surface area (Å²) in [5.41, 5.74) is 0.546. The third-order valence-electron chi connectivity index (χ3n) is 3.17. The molecule has 2 N–H and O–H groups in total. The number of hydrogen-bond acceptors (Lipinski definition) is 4. The Morgan fingerprint density at radius 1 is 1.61 bits per heavy atom. The fourth-order valence-electron chi connectivity index (χ4n) is 2.16. The van der Waals surface area contributed by atoms with E-state index >= 15 is 0 Å². The zero-order valence-corrected chi connectivity index (χ0v) is 11.1. The molecule has 0 aliphatic carbocycles. The number of nitrogens with zero attached hydrogens (tertiary/aromatic N) is 1. The van der Waals surface area contributed by atoms with E-state index in [1.54, 1.807) is 6.07 Å². The van der Waals surface area contributed by atoms with Crippen LogP contribution in [0.5, 0.6) is 0 Å². The average Bonchev–Trinajstić information content (AvgIpc) is 2.85. The molecule has 18 heavy (non-hydrogen) atoms. The van der Waals surface area contributed by atoms with Gasteiger partial charge < -0.3 is 10.6 Å². The van der Waals surface area contributed by atoms with Gasteiger partial charge in [0.1, 0.15) is 11.1 Å². The number of carbonyl (C=O) groups excluding carboxylic acids is 1. The lowest BCUT2D eigenvalue weighted by atomic mass is 10.0. The van der Waals surface area contributed by atoms with Crippen LogP contribution >= 0.6 is 11.3 Å². The number of rotatable bonds is 4. The maximum Gasteiger partial charge on any atom is 0.225 e. The number of anilines is 1. The van der Waals surface area contributed by atoms with Crippen molar-refractivity contribution in [2.45, 2.75) is 38.1 Å². The highest BCUT2D eigenvalue weighted by Gasteiger charge is 2.14. The summed E-state index contributed by atoms with van der Waals surface area (Å²) < 4.78 is 0. The number of piperidine rings is 1. The fourth-order valence-corrected chi connectivity index (χ4v) is 2.91. The van der Waals surface area contributed by atoms with E-state index in [1.807, 2.05) is 5.38 Å². The number of carbonyl (C=O) groups is 1. The predicted octanol–water partition coefficient (Wildman–Crippen LogP) is 2.48. The van der Waals surface area contributed by atoms with Crippen molar-refractivity contribution >= 4 is 22.2 Å². The molecule has 5 heteroatoms. The molecule has 1 aromatic heterocycles. The van der Waals surface area contributed by atoms with E-state index in [1.165, 1.54) is 24.2 Å². The second kappa shape index (κ2) is 6.53. The van der Waals surface area contributed by atoms with Crippen LogP contribution in [-0.4, -0.2) is 18.5 Å². The molecule has 0 radical (unpaired) electrons. The molecule has 2 heterocycles. The number of nitrogens with one attached hydrogen (secondary N) is 2. The molecule has 96 valence electrons. The molecular formula is C13H17N3OS. The van der Waals surface area contributed by atoms with Gasteiger partial charge in [-0.25, -0.2) is 0 Å². The topological polar surface area (TPSA) is 64.9 Å². The van der Waals surface area contributed by atoms with Gasteiger partial charge in [0.2, 0.25) is 5.91 Å². The van der Waals surface area contributed by atoms with Gasteiger partial charge in [0.25, 0.3) is 0 Å². The quantitative estimate of drug-likeness (QED) is 0.877. The van der Waals surface area contributed by atoms with Gasteiger partial charge in [0.05, 0.1) is 5.56 Å². The molecule has 1 fully saturated rings. The van der Waals surface area contributed by atoms with Crippen LogP contribution in [0.25, 0.3) is 0 Å². The Morgan fingerprint density at radius 3 is 3.22 bits per heavy atom. The first kappa shape index (κ1) is 13.1. The first-order chi connectivity index (χ1) is 8.79. The van der Waals surface area contributed by atoms with Crippen molar-refractivity contribution in [3.8, 4) is 6.07 Å². The molecule has 4 nitrogen and oxygen atoms in total. The van der Waals surface area contributed by atoms with Crippen molar-refractivity contribution in [3.63, 3.8) is 0 Å². The van der Waals surface area contributed by atoms with E-state index in [0.29, 0.717) is 23.0 Å². The van der Waals surface area contributed by atoms with Crippen LogP contribution in [0.2, 0.25) is 0 Å². The van der Waals surface area contributed by atoms with Gasteiger partial charge in [0.15, 0.2) is 0 Å². The molecule has 1 aromatic rings.